The highest BCUT2D eigenvalue weighted by molar-refractivity contribution is 5.96. The molecule has 1 aliphatic rings. The molecule has 1 fully saturated rings. The van der Waals surface area contributed by atoms with E-state index in [4.69, 9.17) is 9.84 Å². The fraction of sp³-hybridized carbons (Fsp3) is 0.500. The lowest BCUT2D eigenvalue weighted by molar-refractivity contribution is -0.136. The average Bonchev–Trinajstić information content (AvgIpc) is 2.47. The molecular formula is C16H21NO4. The summed E-state index contributed by atoms with van der Waals surface area (Å²) in [7, 11) is 1.67. The van der Waals surface area contributed by atoms with Crippen LogP contribution in [0.25, 0.3) is 0 Å². The van der Waals surface area contributed by atoms with Gasteiger partial charge >= 0.3 is 5.97 Å². The van der Waals surface area contributed by atoms with Crippen LogP contribution in [0.2, 0.25) is 0 Å². The molecule has 1 unspecified atom stereocenters. The van der Waals surface area contributed by atoms with Crippen LogP contribution in [0.3, 0.4) is 0 Å². The van der Waals surface area contributed by atoms with Crippen LogP contribution in [0, 0.1) is 5.92 Å². The second-order valence-electron chi connectivity index (χ2n) is 5.44. The monoisotopic (exact) mass is 291 g/mol. The van der Waals surface area contributed by atoms with Crippen molar-refractivity contribution in [3.05, 3.63) is 35.4 Å². The lowest BCUT2D eigenvalue weighted by Crippen LogP contribution is -2.41. The predicted octanol–water partition coefficient (Wildman–Crippen LogP) is 1.81. The summed E-state index contributed by atoms with van der Waals surface area (Å²) < 4.78 is 5.18. The first-order chi connectivity index (χ1) is 10.1. The molecule has 1 atom stereocenters. The SMILES string of the molecule is COCC1CCCN(C(=O)c2ccccc2CC(=O)O)C1. The van der Waals surface area contributed by atoms with Crippen LogP contribution in [0.1, 0.15) is 28.8 Å². The summed E-state index contributed by atoms with van der Waals surface area (Å²) in [6.45, 7) is 2.05. The maximum atomic E-state index is 12.6. The van der Waals surface area contributed by atoms with Crippen molar-refractivity contribution in [2.75, 3.05) is 26.8 Å². The molecule has 5 nitrogen and oxygen atoms in total. The van der Waals surface area contributed by atoms with Crippen LogP contribution >= 0.6 is 0 Å². The van der Waals surface area contributed by atoms with E-state index in [1.807, 2.05) is 4.90 Å². The topological polar surface area (TPSA) is 66.8 Å². The molecule has 1 amide bonds. The number of carbonyl (C=O) groups is 2. The predicted molar refractivity (Wildman–Crippen MR) is 78.3 cm³/mol. The Kier molecular flexibility index (Phi) is 5.33. The zero-order chi connectivity index (χ0) is 15.2. The first-order valence-corrected chi connectivity index (χ1v) is 7.19. The molecule has 2 rings (SSSR count). The molecule has 1 saturated heterocycles. The molecule has 0 saturated carbocycles. The van der Waals surface area contributed by atoms with Gasteiger partial charge in [-0.3, -0.25) is 9.59 Å². The molecule has 1 aromatic carbocycles. The first-order valence-electron chi connectivity index (χ1n) is 7.19. The minimum Gasteiger partial charge on any atom is -0.481 e. The van der Waals surface area contributed by atoms with E-state index in [0.29, 0.717) is 30.2 Å². The number of benzene rings is 1. The number of methoxy groups -OCH3 is 1. The highest BCUT2D eigenvalue weighted by Gasteiger charge is 2.25. The van der Waals surface area contributed by atoms with Gasteiger partial charge in [0.2, 0.25) is 0 Å². The third kappa shape index (κ3) is 4.04. The van der Waals surface area contributed by atoms with Gasteiger partial charge in [0.1, 0.15) is 0 Å². The minimum atomic E-state index is -0.925. The average molecular weight is 291 g/mol. The summed E-state index contributed by atoms with van der Waals surface area (Å²) in [4.78, 5) is 25.4. The van der Waals surface area contributed by atoms with Crippen LogP contribution < -0.4 is 0 Å². The molecule has 0 radical (unpaired) electrons. The van der Waals surface area contributed by atoms with E-state index in [1.54, 1.807) is 31.4 Å². The fourth-order valence-electron chi connectivity index (χ4n) is 2.84. The van der Waals surface area contributed by atoms with Crippen molar-refractivity contribution in [3.63, 3.8) is 0 Å². The maximum Gasteiger partial charge on any atom is 0.307 e. The van der Waals surface area contributed by atoms with E-state index in [1.165, 1.54) is 0 Å². The third-order valence-electron chi connectivity index (χ3n) is 3.80. The summed E-state index contributed by atoms with van der Waals surface area (Å²) in [6.07, 6.45) is 1.90. The molecule has 0 spiro atoms. The maximum absolute atomic E-state index is 12.6. The van der Waals surface area contributed by atoms with Gasteiger partial charge in [0.05, 0.1) is 13.0 Å². The van der Waals surface area contributed by atoms with E-state index in [9.17, 15) is 9.59 Å². The van der Waals surface area contributed by atoms with Crippen LogP contribution in [0.15, 0.2) is 24.3 Å². The number of hydrogen-bond acceptors (Lipinski definition) is 3. The number of hydrogen-bond donors (Lipinski definition) is 1. The summed E-state index contributed by atoms with van der Waals surface area (Å²) in [5.41, 5.74) is 1.07. The van der Waals surface area contributed by atoms with Gasteiger partial charge in [-0.15, -0.1) is 0 Å². The fourth-order valence-corrected chi connectivity index (χ4v) is 2.84. The summed E-state index contributed by atoms with van der Waals surface area (Å²) in [5, 5.41) is 8.95. The quantitative estimate of drug-likeness (QED) is 0.898. The molecule has 0 aromatic heterocycles. The van der Waals surface area contributed by atoms with Gasteiger partial charge < -0.3 is 14.7 Å². The van der Waals surface area contributed by atoms with Crippen LogP contribution in [0.4, 0.5) is 0 Å². The molecular weight excluding hydrogens is 270 g/mol. The molecule has 5 heteroatoms. The number of carbonyl (C=O) groups excluding carboxylic acids is 1. The van der Waals surface area contributed by atoms with Gasteiger partial charge in [-0.1, -0.05) is 18.2 Å². The van der Waals surface area contributed by atoms with E-state index >= 15 is 0 Å². The highest BCUT2D eigenvalue weighted by Crippen LogP contribution is 2.20. The Balaban J connectivity index is 2.14. The number of amides is 1. The summed E-state index contributed by atoms with van der Waals surface area (Å²) in [5.74, 6) is -0.641. The Morgan fingerprint density at radius 2 is 2.14 bits per heavy atom. The molecule has 1 aliphatic heterocycles. The Labute approximate surface area is 124 Å². The molecule has 0 aliphatic carbocycles. The zero-order valence-electron chi connectivity index (χ0n) is 12.2. The normalized spacial score (nSPS) is 18.5. The summed E-state index contributed by atoms with van der Waals surface area (Å²) in [6, 6.07) is 6.95. The first kappa shape index (κ1) is 15.5. The number of likely N-dealkylation sites (tertiary alicyclic amines) is 1. The number of rotatable bonds is 5. The van der Waals surface area contributed by atoms with Crippen LogP contribution in [-0.2, 0) is 16.0 Å². The van der Waals surface area contributed by atoms with Crippen molar-refractivity contribution in [3.8, 4) is 0 Å². The second-order valence-corrected chi connectivity index (χ2v) is 5.44. The number of ether oxygens (including phenoxy) is 1. The van der Waals surface area contributed by atoms with Gasteiger partial charge in [-0.25, -0.2) is 0 Å². The molecule has 0 bridgehead atoms. The van der Waals surface area contributed by atoms with Gasteiger partial charge in [0.25, 0.3) is 5.91 Å². The molecule has 1 N–H and O–H groups in total. The third-order valence-corrected chi connectivity index (χ3v) is 3.80. The van der Waals surface area contributed by atoms with E-state index < -0.39 is 5.97 Å². The summed E-state index contributed by atoms with van der Waals surface area (Å²) >= 11 is 0. The van der Waals surface area contributed by atoms with Crippen molar-refractivity contribution in [1.82, 2.24) is 4.90 Å². The number of carboxylic acids is 1. The zero-order valence-corrected chi connectivity index (χ0v) is 12.2. The van der Waals surface area contributed by atoms with E-state index in [0.717, 1.165) is 19.4 Å². The molecule has 21 heavy (non-hydrogen) atoms. The van der Waals surface area contributed by atoms with E-state index in [2.05, 4.69) is 0 Å². The molecule has 114 valence electrons. The van der Waals surface area contributed by atoms with Gasteiger partial charge in [0, 0.05) is 25.8 Å². The van der Waals surface area contributed by atoms with Crippen LogP contribution in [0.5, 0.6) is 0 Å². The Morgan fingerprint density at radius 3 is 2.86 bits per heavy atom. The number of carboxylic acid groups (broad SMARTS) is 1. The van der Waals surface area contributed by atoms with Crippen molar-refractivity contribution < 1.29 is 19.4 Å². The molecule has 1 aromatic rings. The van der Waals surface area contributed by atoms with E-state index in [-0.39, 0.29) is 12.3 Å². The highest BCUT2D eigenvalue weighted by atomic mass is 16.5. The van der Waals surface area contributed by atoms with Crippen LogP contribution in [-0.4, -0.2) is 48.7 Å². The van der Waals surface area contributed by atoms with Crippen molar-refractivity contribution >= 4 is 11.9 Å². The lowest BCUT2D eigenvalue weighted by Gasteiger charge is -2.32. The standard InChI is InChI=1S/C16H21NO4/c1-21-11-12-5-4-8-17(10-12)16(20)14-7-3-2-6-13(14)9-15(18)19/h2-3,6-7,12H,4-5,8-11H2,1H3,(H,18,19). The minimum absolute atomic E-state index is 0.0762. The lowest BCUT2D eigenvalue weighted by atomic mass is 9.97. The Hall–Kier alpha value is -1.88. The van der Waals surface area contributed by atoms with Crippen molar-refractivity contribution in [2.45, 2.75) is 19.3 Å². The smallest absolute Gasteiger partial charge is 0.307 e. The molecule has 1 heterocycles. The Morgan fingerprint density at radius 1 is 1.38 bits per heavy atom. The number of piperidine rings is 1. The van der Waals surface area contributed by atoms with Crippen molar-refractivity contribution in [2.24, 2.45) is 5.92 Å². The number of aliphatic carboxylic acids is 1. The second kappa shape index (κ2) is 7.22. The van der Waals surface area contributed by atoms with Crippen molar-refractivity contribution in [1.29, 1.82) is 0 Å². The van der Waals surface area contributed by atoms with Gasteiger partial charge in [-0.05, 0) is 30.4 Å². The van der Waals surface area contributed by atoms with Gasteiger partial charge in [-0.2, -0.15) is 0 Å². The Bertz CT molecular complexity index is 513. The van der Waals surface area contributed by atoms with Gasteiger partial charge in [0.15, 0.2) is 0 Å². The number of nitrogens with zero attached hydrogens (tertiary/aromatic N) is 1. The largest absolute Gasteiger partial charge is 0.481 e.